The van der Waals surface area contributed by atoms with Crippen LogP contribution < -0.4 is 4.90 Å². The Hall–Kier alpha value is -1.94. The minimum atomic E-state index is 0.784. The Morgan fingerprint density at radius 1 is 0.864 bits per heavy atom. The maximum absolute atomic E-state index is 4.49. The molecule has 2 bridgehead atoms. The summed E-state index contributed by atoms with van der Waals surface area (Å²) in [6.07, 6.45) is 2.69. The van der Waals surface area contributed by atoms with E-state index < -0.39 is 0 Å². The summed E-state index contributed by atoms with van der Waals surface area (Å²) in [6, 6.07) is 14.5. The Balaban J connectivity index is 1.53. The number of benzene rings is 1. The second-order valence-corrected chi connectivity index (χ2v) is 6.40. The molecule has 3 heterocycles. The summed E-state index contributed by atoms with van der Waals surface area (Å²) in [6.45, 7) is 5.86. The molecule has 22 heavy (non-hydrogen) atoms. The second-order valence-electron chi connectivity index (χ2n) is 6.40. The fraction of sp³-hybridized carbons (Fsp3) is 0.444. The van der Waals surface area contributed by atoms with E-state index in [0.29, 0.717) is 0 Å². The van der Waals surface area contributed by atoms with Gasteiger partial charge < -0.3 is 9.80 Å². The van der Waals surface area contributed by atoms with E-state index in [1.54, 1.807) is 0 Å². The molecule has 2 unspecified atom stereocenters. The normalized spacial score (nSPS) is 24.8. The molecule has 4 heteroatoms. The first-order chi connectivity index (χ1) is 10.9. The molecule has 4 nitrogen and oxygen atoms in total. The average molecular weight is 294 g/mol. The predicted molar refractivity (Wildman–Crippen MR) is 88.8 cm³/mol. The van der Waals surface area contributed by atoms with Crippen LogP contribution in [-0.4, -0.2) is 47.8 Å². The van der Waals surface area contributed by atoms with E-state index in [2.05, 4.69) is 44.3 Å². The topological polar surface area (TPSA) is 32.3 Å². The highest BCUT2D eigenvalue weighted by Crippen LogP contribution is 2.24. The van der Waals surface area contributed by atoms with Gasteiger partial charge in [-0.3, -0.25) is 0 Å². The van der Waals surface area contributed by atoms with Crippen molar-refractivity contribution in [1.29, 1.82) is 0 Å². The van der Waals surface area contributed by atoms with Crippen molar-refractivity contribution >= 4 is 5.82 Å². The molecule has 2 aliphatic heterocycles. The number of nitrogens with zero attached hydrogens (tertiary/aromatic N) is 4. The molecule has 4 rings (SSSR count). The molecule has 2 atom stereocenters. The maximum Gasteiger partial charge on any atom is 0.151 e. The summed E-state index contributed by atoms with van der Waals surface area (Å²) < 4.78 is 0. The smallest absolute Gasteiger partial charge is 0.151 e. The monoisotopic (exact) mass is 294 g/mol. The highest BCUT2D eigenvalue weighted by Gasteiger charge is 2.26. The highest BCUT2D eigenvalue weighted by molar-refractivity contribution is 5.59. The molecule has 114 valence electrons. The number of rotatable bonds is 2. The molecule has 2 fully saturated rings. The molecule has 2 saturated heterocycles. The van der Waals surface area contributed by atoms with Gasteiger partial charge in [-0.25, -0.2) is 0 Å². The van der Waals surface area contributed by atoms with E-state index in [9.17, 15) is 0 Å². The van der Waals surface area contributed by atoms with E-state index >= 15 is 0 Å². The minimum Gasteiger partial charge on any atom is -0.354 e. The van der Waals surface area contributed by atoms with Crippen LogP contribution in [0.3, 0.4) is 0 Å². The van der Waals surface area contributed by atoms with Gasteiger partial charge in [-0.2, -0.15) is 0 Å². The number of hydrogen-bond acceptors (Lipinski definition) is 4. The van der Waals surface area contributed by atoms with Gasteiger partial charge in [0.15, 0.2) is 5.82 Å². The molecule has 0 amide bonds. The first-order valence-corrected chi connectivity index (χ1v) is 8.25. The van der Waals surface area contributed by atoms with Crippen molar-refractivity contribution in [3.8, 4) is 11.3 Å². The third-order valence-corrected chi connectivity index (χ3v) is 4.81. The SMILES string of the molecule is c1ccc(-c2ccc(N3CCN4CCCC(C4)C3)nn2)cc1. The predicted octanol–water partition coefficient (Wildman–Crippen LogP) is 2.68. The van der Waals surface area contributed by atoms with Crippen LogP contribution in [0.1, 0.15) is 12.8 Å². The summed E-state index contributed by atoms with van der Waals surface area (Å²) in [5.41, 5.74) is 2.07. The molecule has 2 aromatic rings. The van der Waals surface area contributed by atoms with E-state index in [-0.39, 0.29) is 0 Å². The van der Waals surface area contributed by atoms with Gasteiger partial charge in [-0.15, -0.1) is 10.2 Å². The van der Waals surface area contributed by atoms with Gasteiger partial charge in [0.1, 0.15) is 0 Å². The third kappa shape index (κ3) is 2.83. The van der Waals surface area contributed by atoms with Gasteiger partial charge in [-0.1, -0.05) is 30.3 Å². The molecule has 0 saturated carbocycles. The summed E-state index contributed by atoms with van der Waals surface area (Å²) in [5, 5.41) is 8.93. The number of hydrogen-bond donors (Lipinski definition) is 0. The van der Waals surface area contributed by atoms with E-state index in [0.717, 1.165) is 42.6 Å². The van der Waals surface area contributed by atoms with Crippen LogP contribution in [0.2, 0.25) is 0 Å². The van der Waals surface area contributed by atoms with Crippen LogP contribution in [0.4, 0.5) is 5.82 Å². The summed E-state index contributed by atoms with van der Waals surface area (Å²) in [5.74, 6) is 1.81. The zero-order valence-corrected chi connectivity index (χ0v) is 12.9. The number of aromatic nitrogens is 2. The van der Waals surface area contributed by atoms with Gasteiger partial charge in [0, 0.05) is 31.7 Å². The van der Waals surface area contributed by atoms with Gasteiger partial charge >= 0.3 is 0 Å². The summed E-state index contributed by atoms with van der Waals surface area (Å²) >= 11 is 0. The lowest BCUT2D eigenvalue weighted by Crippen LogP contribution is -2.35. The van der Waals surface area contributed by atoms with Crippen molar-refractivity contribution in [2.45, 2.75) is 12.8 Å². The molecular formula is C18H22N4. The zero-order chi connectivity index (χ0) is 14.8. The highest BCUT2D eigenvalue weighted by atomic mass is 15.3. The van der Waals surface area contributed by atoms with Gasteiger partial charge in [0.2, 0.25) is 0 Å². The van der Waals surface area contributed by atoms with Crippen molar-refractivity contribution < 1.29 is 0 Å². The van der Waals surface area contributed by atoms with Crippen molar-refractivity contribution in [3.63, 3.8) is 0 Å². The lowest BCUT2D eigenvalue weighted by molar-refractivity contribution is 0.201. The summed E-state index contributed by atoms with van der Waals surface area (Å²) in [4.78, 5) is 5.01. The van der Waals surface area contributed by atoms with Crippen LogP contribution in [0.25, 0.3) is 11.3 Å². The molecular weight excluding hydrogens is 272 g/mol. The zero-order valence-electron chi connectivity index (χ0n) is 12.9. The van der Waals surface area contributed by atoms with Crippen LogP contribution >= 0.6 is 0 Å². The molecule has 0 aliphatic carbocycles. The van der Waals surface area contributed by atoms with Crippen LogP contribution in [0.15, 0.2) is 42.5 Å². The van der Waals surface area contributed by atoms with E-state index in [1.807, 2.05) is 18.2 Å². The fourth-order valence-corrected chi connectivity index (χ4v) is 3.63. The van der Waals surface area contributed by atoms with Crippen molar-refractivity contribution in [3.05, 3.63) is 42.5 Å². The average Bonchev–Trinajstić information content (AvgIpc) is 2.74. The Bertz CT molecular complexity index is 611. The lowest BCUT2D eigenvalue weighted by atomic mass is 9.98. The van der Waals surface area contributed by atoms with Crippen molar-refractivity contribution in [2.75, 3.05) is 37.6 Å². The molecule has 0 N–H and O–H groups in total. The Morgan fingerprint density at radius 3 is 2.59 bits per heavy atom. The first kappa shape index (κ1) is 13.7. The van der Waals surface area contributed by atoms with Gasteiger partial charge in [-0.05, 0) is 37.4 Å². The molecule has 0 radical (unpaired) electrons. The lowest BCUT2D eigenvalue weighted by Gasteiger charge is -2.29. The minimum absolute atomic E-state index is 0.784. The number of fused-ring (bicyclic) bond motifs is 2. The van der Waals surface area contributed by atoms with Crippen LogP contribution in [0, 0.1) is 5.92 Å². The Labute approximate surface area is 131 Å². The quantitative estimate of drug-likeness (QED) is 0.852. The molecule has 1 aromatic heterocycles. The van der Waals surface area contributed by atoms with E-state index in [1.165, 1.54) is 25.9 Å². The van der Waals surface area contributed by atoms with Gasteiger partial charge in [0.25, 0.3) is 0 Å². The van der Waals surface area contributed by atoms with Gasteiger partial charge in [0.05, 0.1) is 5.69 Å². The maximum atomic E-state index is 4.49. The van der Waals surface area contributed by atoms with E-state index in [4.69, 9.17) is 0 Å². The molecule has 2 aliphatic rings. The Morgan fingerprint density at radius 2 is 1.77 bits per heavy atom. The number of piperidine rings is 1. The molecule has 1 aromatic carbocycles. The third-order valence-electron chi connectivity index (χ3n) is 4.81. The largest absolute Gasteiger partial charge is 0.354 e. The first-order valence-electron chi connectivity index (χ1n) is 8.25. The van der Waals surface area contributed by atoms with Crippen LogP contribution in [-0.2, 0) is 0 Å². The van der Waals surface area contributed by atoms with Crippen molar-refractivity contribution in [1.82, 2.24) is 15.1 Å². The molecule has 0 spiro atoms. The fourth-order valence-electron chi connectivity index (χ4n) is 3.63. The van der Waals surface area contributed by atoms with Crippen molar-refractivity contribution in [2.24, 2.45) is 5.92 Å². The number of anilines is 1. The van der Waals surface area contributed by atoms with Crippen LogP contribution in [0.5, 0.6) is 0 Å². The standard InChI is InChI=1S/C18H22N4/c1-2-6-16(7-3-1)17-8-9-18(20-19-17)22-12-11-21-10-4-5-15(13-21)14-22/h1-3,6-9,15H,4-5,10-14H2. The summed E-state index contributed by atoms with van der Waals surface area (Å²) in [7, 11) is 0. The Kier molecular flexibility index (Phi) is 3.77. The second kappa shape index (κ2) is 6.05.